The summed E-state index contributed by atoms with van der Waals surface area (Å²) in [5.41, 5.74) is 1.81. The van der Waals surface area contributed by atoms with Crippen molar-refractivity contribution in [2.24, 2.45) is 0 Å². The summed E-state index contributed by atoms with van der Waals surface area (Å²) in [6, 6.07) is 11.2. The number of esters is 1. The third kappa shape index (κ3) is 8.48. The van der Waals surface area contributed by atoms with E-state index in [-0.39, 0.29) is 23.3 Å². The number of hydrogen-bond donors (Lipinski definition) is 1. The van der Waals surface area contributed by atoms with Gasteiger partial charge in [-0.15, -0.1) is 0 Å². The molecule has 2 aromatic carbocycles. The zero-order chi connectivity index (χ0) is 25.1. The molecule has 0 aliphatic carbocycles. The summed E-state index contributed by atoms with van der Waals surface area (Å²) in [5.74, 6) is -0.176. The zero-order valence-electron chi connectivity index (χ0n) is 20.4. The second-order valence-electron chi connectivity index (χ2n) is 8.33. The lowest BCUT2D eigenvalue weighted by Gasteiger charge is -2.18. The van der Waals surface area contributed by atoms with Gasteiger partial charge in [-0.1, -0.05) is 44.9 Å². The van der Waals surface area contributed by atoms with Crippen molar-refractivity contribution in [3.05, 3.63) is 59.2 Å². The summed E-state index contributed by atoms with van der Waals surface area (Å²) in [5, 5.41) is 2.93. The van der Waals surface area contributed by atoms with Crippen LogP contribution in [-0.2, 0) is 25.8 Å². The number of carbonyl (C=O) groups excluding carboxylic acids is 2. The number of nitrogens with one attached hydrogen (secondary N) is 1. The smallest absolute Gasteiger partial charge is 0.341 e. The monoisotopic (exact) mass is 489 g/mol. The van der Waals surface area contributed by atoms with E-state index in [1.807, 2.05) is 19.9 Å². The third-order valence-electron chi connectivity index (χ3n) is 5.30. The van der Waals surface area contributed by atoms with E-state index < -0.39 is 15.8 Å². The Morgan fingerprint density at radius 3 is 2.24 bits per heavy atom. The first-order chi connectivity index (χ1) is 16.2. The first-order valence-electron chi connectivity index (χ1n) is 11.7. The molecule has 0 saturated carbocycles. The SMILES string of the molecule is CCCCOC(=O)c1cc(C(C)NC(=O)Cc2ccc(S(C)(=O)=O)cc2)ccc1OCCCC. The molecule has 2 rings (SSSR count). The predicted octanol–water partition coefficient (Wildman–Crippen LogP) is 4.65. The Morgan fingerprint density at radius 2 is 1.62 bits per heavy atom. The number of sulfone groups is 1. The molecular weight excluding hydrogens is 454 g/mol. The normalized spacial score (nSPS) is 12.1. The molecule has 0 saturated heterocycles. The first kappa shape index (κ1) is 27.4. The van der Waals surface area contributed by atoms with Crippen LogP contribution in [0.25, 0.3) is 0 Å². The van der Waals surface area contributed by atoms with Crippen LogP contribution in [-0.4, -0.2) is 39.8 Å². The second-order valence-corrected chi connectivity index (χ2v) is 10.3. The lowest BCUT2D eigenvalue weighted by Crippen LogP contribution is -2.28. The minimum absolute atomic E-state index is 0.110. The Kier molecular flexibility index (Phi) is 10.6. The molecule has 0 aliphatic rings. The highest BCUT2D eigenvalue weighted by molar-refractivity contribution is 7.90. The maximum absolute atomic E-state index is 12.7. The molecule has 7 nitrogen and oxygen atoms in total. The molecular formula is C26H35NO6S. The third-order valence-corrected chi connectivity index (χ3v) is 6.43. The van der Waals surface area contributed by atoms with Crippen molar-refractivity contribution in [2.45, 2.75) is 63.8 Å². The van der Waals surface area contributed by atoms with E-state index in [0.717, 1.165) is 37.5 Å². The molecule has 186 valence electrons. The largest absolute Gasteiger partial charge is 0.493 e. The van der Waals surface area contributed by atoms with Gasteiger partial charge in [0, 0.05) is 6.26 Å². The van der Waals surface area contributed by atoms with Gasteiger partial charge in [0.2, 0.25) is 5.91 Å². The summed E-state index contributed by atoms with van der Waals surface area (Å²) in [4.78, 5) is 25.5. The zero-order valence-corrected chi connectivity index (χ0v) is 21.2. The van der Waals surface area contributed by atoms with Gasteiger partial charge in [-0.25, -0.2) is 13.2 Å². The Morgan fingerprint density at radius 1 is 0.971 bits per heavy atom. The average Bonchev–Trinajstić information content (AvgIpc) is 2.79. The minimum Gasteiger partial charge on any atom is -0.493 e. The number of hydrogen-bond acceptors (Lipinski definition) is 6. The maximum atomic E-state index is 12.7. The summed E-state index contributed by atoms with van der Waals surface area (Å²) in [7, 11) is -3.28. The van der Waals surface area contributed by atoms with Gasteiger partial charge in [0.25, 0.3) is 0 Å². The summed E-state index contributed by atoms with van der Waals surface area (Å²) in [6.45, 7) is 6.78. The highest BCUT2D eigenvalue weighted by atomic mass is 32.2. The van der Waals surface area contributed by atoms with Gasteiger partial charge in [0.1, 0.15) is 11.3 Å². The molecule has 1 amide bonds. The number of ether oxygens (including phenoxy) is 2. The standard InChI is InChI=1S/C26H35NO6S/c1-5-7-15-32-24-14-11-21(18-23(24)26(29)33-16-8-6-2)19(3)27-25(28)17-20-9-12-22(13-10-20)34(4,30)31/h9-14,18-19H,5-8,15-17H2,1-4H3,(H,27,28). The lowest BCUT2D eigenvalue weighted by molar-refractivity contribution is -0.121. The fourth-order valence-corrected chi connectivity index (χ4v) is 3.86. The van der Waals surface area contributed by atoms with Gasteiger partial charge >= 0.3 is 5.97 Å². The van der Waals surface area contributed by atoms with E-state index >= 15 is 0 Å². The molecule has 0 fully saturated rings. The van der Waals surface area contributed by atoms with Gasteiger partial charge < -0.3 is 14.8 Å². The molecule has 1 N–H and O–H groups in total. The molecule has 0 spiro atoms. The Balaban J connectivity index is 2.10. The van der Waals surface area contributed by atoms with Gasteiger partial charge in [-0.3, -0.25) is 4.79 Å². The van der Waals surface area contributed by atoms with Crippen molar-refractivity contribution in [1.29, 1.82) is 0 Å². The van der Waals surface area contributed by atoms with Crippen molar-refractivity contribution >= 4 is 21.7 Å². The van der Waals surface area contributed by atoms with Crippen molar-refractivity contribution in [1.82, 2.24) is 5.32 Å². The van der Waals surface area contributed by atoms with Crippen LogP contribution in [0.1, 0.15) is 74.0 Å². The van der Waals surface area contributed by atoms with Crippen LogP contribution in [0.15, 0.2) is 47.4 Å². The van der Waals surface area contributed by atoms with Crippen LogP contribution in [0.4, 0.5) is 0 Å². The van der Waals surface area contributed by atoms with Gasteiger partial charge in [0.15, 0.2) is 9.84 Å². The number of carbonyl (C=O) groups is 2. The Bertz CT molecular complexity index is 1060. The van der Waals surface area contributed by atoms with Crippen molar-refractivity contribution in [3.8, 4) is 5.75 Å². The number of rotatable bonds is 13. The second kappa shape index (κ2) is 13.1. The van der Waals surface area contributed by atoms with E-state index in [1.54, 1.807) is 24.3 Å². The molecule has 1 unspecified atom stereocenters. The van der Waals surface area contributed by atoms with Crippen LogP contribution >= 0.6 is 0 Å². The fourth-order valence-electron chi connectivity index (χ4n) is 3.23. The van der Waals surface area contributed by atoms with Crippen molar-refractivity contribution in [2.75, 3.05) is 19.5 Å². The van der Waals surface area contributed by atoms with Crippen LogP contribution in [0, 0.1) is 0 Å². The first-order valence-corrected chi connectivity index (χ1v) is 13.6. The summed E-state index contributed by atoms with van der Waals surface area (Å²) >= 11 is 0. The van der Waals surface area contributed by atoms with Crippen LogP contribution in [0.2, 0.25) is 0 Å². The molecule has 0 bridgehead atoms. The summed E-state index contributed by atoms with van der Waals surface area (Å²) < 4.78 is 34.4. The lowest BCUT2D eigenvalue weighted by atomic mass is 10.0. The van der Waals surface area contributed by atoms with E-state index in [0.29, 0.717) is 30.1 Å². The molecule has 0 radical (unpaired) electrons. The average molecular weight is 490 g/mol. The molecule has 8 heteroatoms. The van der Waals surface area contributed by atoms with E-state index in [4.69, 9.17) is 9.47 Å². The molecule has 0 aromatic heterocycles. The van der Waals surface area contributed by atoms with E-state index in [9.17, 15) is 18.0 Å². The Hall–Kier alpha value is -2.87. The van der Waals surface area contributed by atoms with Crippen LogP contribution in [0.3, 0.4) is 0 Å². The van der Waals surface area contributed by atoms with Gasteiger partial charge in [-0.05, 0) is 55.2 Å². The molecule has 0 heterocycles. The van der Waals surface area contributed by atoms with Gasteiger partial charge in [0.05, 0.1) is 30.6 Å². The number of amides is 1. The van der Waals surface area contributed by atoms with E-state index in [2.05, 4.69) is 12.2 Å². The fraction of sp³-hybridized carbons (Fsp3) is 0.462. The topological polar surface area (TPSA) is 98.8 Å². The quantitative estimate of drug-likeness (QED) is 0.325. The molecule has 34 heavy (non-hydrogen) atoms. The highest BCUT2D eigenvalue weighted by Gasteiger charge is 2.18. The Labute approximate surface area is 202 Å². The van der Waals surface area contributed by atoms with Crippen molar-refractivity contribution in [3.63, 3.8) is 0 Å². The molecule has 1 atom stereocenters. The maximum Gasteiger partial charge on any atom is 0.341 e. The number of benzene rings is 2. The predicted molar refractivity (Wildman–Crippen MR) is 132 cm³/mol. The molecule has 0 aliphatic heterocycles. The van der Waals surface area contributed by atoms with Crippen molar-refractivity contribution < 1.29 is 27.5 Å². The summed E-state index contributed by atoms with van der Waals surface area (Å²) in [6.07, 6.45) is 4.82. The van der Waals surface area contributed by atoms with Crippen LogP contribution in [0.5, 0.6) is 5.75 Å². The highest BCUT2D eigenvalue weighted by Crippen LogP contribution is 2.25. The van der Waals surface area contributed by atoms with Crippen LogP contribution < -0.4 is 10.1 Å². The molecule has 2 aromatic rings. The number of unbranched alkanes of at least 4 members (excludes halogenated alkanes) is 2. The van der Waals surface area contributed by atoms with Gasteiger partial charge in [-0.2, -0.15) is 0 Å². The van der Waals surface area contributed by atoms with E-state index in [1.165, 1.54) is 12.1 Å². The minimum atomic E-state index is -3.28.